The molecule has 1 amide bonds. The number of carbonyl (C=O) groups excluding carboxylic acids is 1. The minimum Gasteiger partial charge on any atom is -0.478 e. The molecule has 1 aromatic heterocycles. The van der Waals surface area contributed by atoms with Crippen LogP contribution >= 0.6 is 0 Å². The zero-order valence-electron chi connectivity index (χ0n) is 15.7. The maximum atomic E-state index is 12.4. The summed E-state index contributed by atoms with van der Waals surface area (Å²) in [6.07, 6.45) is 6.66. The van der Waals surface area contributed by atoms with Gasteiger partial charge in [-0.3, -0.25) is 4.79 Å². The number of rotatable bonds is 5. The summed E-state index contributed by atoms with van der Waals surface area (Å²) in [7, 11) is 0. The quantitative estimate of drug-likeness (QED) is 0.596. The number of furan rings is 1. The molecule has 0 aliphatic heterocycles. The third kappa shape index (κ3) is 4.49. The fourth-order valence-electron chi connectivity index (χ4n) is 3.40. The molecule has 1 aromatic carbocycles. The van der Waals surface area contributed by atoms with E-state index < -0.39 is 11.9 Å². The number of benzene rings is 1. The predicted molar refractivity (Wildman–Crippen MR) is 104 cm³/mol. The van der Waals surface area contributed by atoms with Crippen molar-refractivity contribution in [2.45, 2.75) is 45.1 Å². The molecule has 6 nitrogen and oxygen atoms in total. The number of nitrogens with one attached hydrogen (secondary N) is 1. The minimum atomic E-state index is -1.01. The smallest absolute Gasteiger partial charge is 0.335 e. The topological polar surface area (TPSA) is 103 Å². The lowest BCUT2D eigenvalue weighted by atomic mass is 9.95. The van der Waals surface area contributed by atoms with Crippen LogP contribution in [0, 0.1) is 18.3 Å². The van der Waals surface area contributed by atoms with Gasteiger partial charge in [0, 0.05) is 17.7 Å². The highest BCUT2D eigenvalue weighted by Crippen LogP contribution is 2.27. The SMILES string of the molecule is Cc1ccc(C(=O)O)cc1-c1ccc(/C=C(\C#N)C(=O)NC2CCCCC2)o1. The number of hydrogen-bond acceptors (Lipinski definition) is 4. The van der Waals surface area contributed by atoms with E-state index in [1.165, 1.54) is 18.6 Å². The van der Waals surface area contributed by atoms with Gasteiger partial charge in [-0.05, 0) is 49.6 Å². The van der Waals surface area contributed by atoms with Crippen molar-refractivity contribution in [2.75, 3.05) is 0 Å². The van der Waals surface area contributed by atoms with E-state index in [1.807, 2.05) is 13.0 Å². The molecular weight excluding hydrogens is 356 g/mol. The summed E-state index contributed by atoms with van der Waals surface area (Å²) in [4.78, 5) is 23.6. The van der Waals surface area contributed by atoms with E-state index in [-0.39, 0.29) is 17.2 Å². The van der Waals surface area contributed by atoms with Gasteiger partial charge in [-0.15, -0.1) is 0 Å². The van der Waals surface area contributed by atoms with E-state index in [4.69, 9.17) is 4.42 Å². The van der Waals surface area contributed by atoms with Gasteiger partial charge in [0.25, 0.3) is 5.91 Å². The average Bonchev–Trinajstić information content (AvgIpc) is 3.15. The molecule has 1 aliphatic rings. The fraction of sp³-hybridized carbons (Fsp3) is 0.318. The fourth-order valence-corrected chi connectivity index (χ4v) is 3.40. The van der Waals surface area contributed by atoms with Gasteiger partial charge in [0.15, 0.2) is 0 Å². The maximum absolute atomic E-state index is 12.4. The second-order valence-corrected chi connectivity index (χ2v) is 7.02. The second-order valence-electron chi connectivity index (χ2n) is 7.02. The van der Waals surface area contributed by atoms with Crippen LogP contribution in [0.2, 0.25) is 0 Å². The molecule has 1 fully saturated rings. The van der Waals surface area contributed by atoms with Crippen molar-refractivity contribution in [3.63, 3.8) is 0 Å². The number of aromatic carboxylic acids is 1. The first-order chi connectivity index (χ1) is 13.5. The van der Waals surface area contributed by atoms with Crippen LogP contribution in [-0.2, 0) is 4.79 Å². The predicted octanol–water partition coefficient (Wildman–Crippen LogP) is 4.31. The monoisotopic (exact) mass is 378 g/mol. The highest BCUT2D eigenvalue weighted by Gasteiger charge is 2.19. The summed E-state index contributed by atoms with van der Waals surface area (Å²) >= 11 is 0. The molecule has 144 valence electrons. The summed E-state index contributed by atoms with van der Waals surface area (Å²) in [5.41, 5.74) is 1.68. The van der Waals surface area contributed by atoms with Gasteiger partial charge < -0.3 is 14.8 Å². The summed E-state index contributed by atoms with van der Waals surface area (Å²) < 4.78 is 5.76. The lowest BCUT2D eigenvalue weighted by Gasteiger charge is -2.22. The molecule has 0 unspecified atom stereocenters. The number of amides is 1. The number of aryl methyl sites for hydroxylation is 1. The maximum Gasteiger partial charge on any atom is 0.335 e. The number of carbonyl (C=O) groups is 2. The Labute approximate surface area is 163 Å². The van der Waals surface area contributed by atoms with Crippen LogP contribution in [-0.4, -0.2) is 23.0 Å². The van der Waals surface area contributed by atoms with Crippen LogP contribution in [0.5, 0.6) is 0 Å². The van der Waals surface area contributed by atoms with Crippen molar-refractivity contribution in [3.05, 3.63) is 52.8 Å². The third-order valence-corrected chi connectivity index (χ3v) is 4.97. The number of carboxylic acids is 1. The Kier molecular flexibility index (Phi) is 5.95. The number of nitrogens with zero attached hydrogens (tertiary/aromatic N) is 1. The zero-order valence-corrected chi connectivity index (χ0v) is 15.7. The normalized spacial score (nSPS) is 15.1. The van der Waals surface area contributed by atoms with Gasteiger partial charge in [-0.1, -0.05) is 25.3 Å². The van der Waals surface area contributed by atoms with E-state index in [0.717, 1.165) is 31.2 Å². The molecular formula is C22H22N2O4. The molecule has 1 aliphatic carbocycles. The van der Waals surface area contributed by atoms with Crippen molar-refractivity contribution in [3.8, 4) is 17.4 Å². The van der Waals surface area contributed by atoms with Crippen LogP contribution in [0.15, 0.2) is 40.3 Å². The molecule has 0 bridgehead atoms. The Morgan fingerprint density at radius 3 is 2.64 bits per heavy atom. The summed E-state index contributed by atoms with van der Waals surface area (Å²) in [6.45, 7) is 1.86. The molecule has 1 heterocycles. The molecule has 0 atom stereocenters. The average molecular weight is 378 g/mol. The first-order valence-corrected chi connectivity index (χ1v) is 9.34. The van der Waals surface area contributed by atoms with E-state index in [2.05, 4.69) is 5.32 Å². The van der Waals surface area contributed by atoms with Crippen molar-refractivity contribution in [1.82, 2.24) is 5.32 Å². The summed E-state index contributed by atoms with van der Waals surface area (Å²) in [5.74, 6) is -0.558. The third-order valence-electron chi connectivity index (χ3n) is 4.97. The first-order valence-electron chi connectivity index (χ1n) is 9.34. The van der Waals surface area contributed by atoms with Crippen LogP contribution in [0.3, 0.4) is 0 Å². The molecule has 28 heavy (non-hydrogen) atoms. The number of carboxylic acid groups (broad SMARTS) is 1. The van der Waals surface area contributed by atoms with Gasteiger partial charge in [0.1, 0.15) is 23.2 Å². The highest BCUT2D eigenvalue weighted by molar-refractivity contribution is 6.01. The van der Waals surface area contributed by atoms with Crippen molar-refractivity contribution < 1.29 is 19.1 Å². The van der Waals surface area contributed by atoms with Crippen molar-refractivity contribution in [1.29, 1.82) is 5.26 Å². The molecule has 0 saturated heterocycles. The molecule has 1 saturated carbocycles. The molecule has 2 N–H and O–H groups in total. The minimum absolute atomic E-state index is 0.0116. The van der Waals surface area contributed by atoms with Crippen molar-refractivity contribution >= 4 is 18.0 Å². The van der Waals surface area contributed by atoms with Gasteiger partial charge in [-0.25, -0.2) is 4.79 Å². The van der Waals surface area contributed by atoms with Crippen LogP contribution < -0.4 is 5.32 Å². The molecule has 3 rings (SSSR count). The van der Waals surface area contributed by atoms with E-state index in [9.17, 15) is 20.0 Å². The van der Waals surface area contributed by atoms with E-state index in [0.29, 0.717) is 17.1 Å². The number of nitriles is 1. The van der Waals surface area contributed by atoms with Gasteiger partial charge >= 0.3 is 5.97 Å². The van der Waals surface area contributed by atoms with Gasteiger partial charge in [0.2, 0.25) is 0 Å². The Balaban J connectivity index is 1.80. The summed E-state index contributed by atoms with van der Waals surface area (Å²) in [6, 6.07) is 10.2. The zero-order chi connectivity index (χ0) is 20.1. The van der Waals surface area contributed by atoms with Gasteiger partial charge in [0.05, 0.1) is 5.56 Å². The Morgan fingerprint density at radius 2 is 1.96 bits per heavy atom. The summed E-state index contributed by atoms with van der Waals surface area (Å²) in [5, 5.41) is 21.5. The molecule has 0 spiro atoms. The Bertz CT molecular complexity index is 959. The lowest BCUT2D eigenvalue weighted by Crippen LogP contribution is -2.36. The highest BCUT2D eigenvalue weighted by atomic mass is 16.4. The lowest BCUT2D eigenvalue weighted by molar-refractivity contribution is -0.117. The van der Waals surface area contributed by atoms with Crippen LogP contribution in [0.4, 0.5) is 0 Å². The molecule has 2 aromatic rings. The van der Waals surface area contributed by atoms with Crippen LogP contribution in [0.1, 0.15) is 53.8 Å². The molecule has 6 heteroatoms. The Morgan fingerprint density at radius 1 is 1.21 bits per heavy atom. The second kappa shape index (κ2) is 8.57. The van der Waals surface area contributed by atoms with Crippen molar-refractivity contribution in [2.24, 2.45) is 0 Å². The van der Waals surface area contributed by atoms with E-state index >= 15 is 0 Å². The first kappa shape index (κ1) is 19.4. The van der Waals surface area contributed by atoms with E-state index in [1.54, 1.807) is 24.3 Å². The largest absolute Gasteiger partial charge is 0.478 e. The molecule has 0 radical (unpaired) electrons. The number of hydrogen-bond donors (Lipinski definition) is 2. The van der Waals surface area contributed by atoms with Gasteiger partial charge in [-0.2, -0.15) is 5.26 Å². The Hall–Kier alpha value is -3.33. The van der Waals surface area contributed by atoms with Crippen LogP contribution in [0.25, 0.3) is 17.4 Å². The standard InChI is InChI=1S/C22H22N2O4/c1-14-7-8-15(22(26)27)12-19(14)20-10-9-18(28-20)11-16(13-23)21(25)24-17-5-3-2-4-6-17/h7-12,17H,2-6H2,1H3,(H,24,25)(H,26,27)/b16-11+.